The lowest BCUT2D eigenvalue weighted by molar-refractivity contribution is -0.136. The second-order valence-corrected chi connectivity index (χ2v) is 6.74. The van der Waals surface area contributed by atoms with Crippen LogP contribution in [0.3, 0.4) is 0 Å². The molecule has 0 unspecified atom stereocenters. The summed E-state index contributed by atoms with van der Waals surface area (Å²) < 4.78 is 44.8. The van der Waals surface area contributed by atoms with Gasteiger partial charge in [-0.15, -0.1) is 12.6 Å². The summed E-state index contributed by atoms with van der Waals surface area (Å²) in [5.41, 5.74) is 0.786. The van der Waals surface area contributed by atoms with E-state index in [-0.39, 0.29) is 22.7 Å². The Kier molecular flexibility index (Phi) is 5.25. The molecule has 0 atom stereocenters. The number of imidazole rings is 1. The van der Waals surface area contributed by atoms with Gasteiger partial charge in [-0.3, -0.25) is 10.1 Å². The third kappa shape index (κ3) is 4.04. The number of nitrogens with one attached hydrogen (secondary N) is 2. The molecule has 154 valence electrons. The Morgan fingerprint density at radius 2 is 2.13 bits per heavy atom. The van der Waals surface area contributed by atoms with Gasteiger partial charge in [0.05, 0.1) is 17.7 Å². The summed E-state index contributed by atoms with van der Waals surface area (Å²) in [4.78, 5) is 23.1. The number of alkyl halides is 3. The van der Waals surface area contributed by atoms with Crippen LogP contribution in [0.25, 0.3) is 11.0 Å². The second-order valence-electron chi connectivity index (χ2n) is 6.48. The molecule has 2 heterocycles. The molecular formula is C20H15F3N4O2S. The van der Waals surface area contributed by atoms with Gasteiger partial charge in [0.15, 0.2) is 0 Å². The molecule has 0 radical (unpaired) electrons. The predicted octanol–water partition coefficient (Wildman–Crippen LogP) is 4.35. The number of aromatic amines is 1. The zero-order chi connectivity index (χ0) is 21.3. The fourth-order valence-electron chi connectivity index (χ4n) is 3.07. The maximum Gasteiger partial charge on any atom is 0.418 e. The van der Waals surface area contributed by atoms with E-state index in [0.717, 1.165) is 29.4 Å². The normalized spacial score (nSPS) is 14.2. The molecule has 1 amide bonds. The summed E-state index contributed by atoms with van der Waals surface area (Å²) in [7, 11) is 0. The summed E-state index contributed by atoms with van der Waals surface area (Å²) in [5.74, 6) is 0.0422. The van der Waals surface area contributed by atoms with Crippen molar-refractivity contribution >= 4 is 41.7 Å². The van der Waals surface area contributed by atoms with Crippen LogP contribution in [0.5, 0.6) is 5.75 Å². The highest BCUT2D eigenvalue weighted by Crippen LogP contribution is 2.34. The van der Waals surface area contributed by atoms with Crippen LogP contribution in [0.1, 0.15) is 16.7 Å². The van der Waals surface area contributed by atoms with Crippen molar-refractivity contribution in [1.82, 2.24) is 9.97 Å². The number of halogens is 3. The lowest BCUT2D eigenvalue weighted by Crippen LogP contribution is -2.14. The van der Waals surface area contributed by atoms with Crippen LogP contribution < -0.4 is 10.1 Å². The van der Waals surface area contributed by atoms with Gasteiger partial charge in [0.25, 0.3) is 5.91 Å². The van der Waals surface area contributed by atoms with Crippen LogP contribution in [-0.2, 0) is 17.4 Å². The number of anilines is 1. The molecule has 0 fully saturated rings. The van der Waals surface area contributed by atoms with Gasteiger partial charge in [0.1, 0.15) is 17.0 Å². The number of H-pyrrole nitrogens is 1. The lowest BCUT2D eigenvalue weighted by atomic mass is 10.1. The van der Waals surface area contributed by atoms with Gasteiger partial charge in [-0.1, -0.05) is 6.07 Å². The summed E-state index contributed by atoms with van der Waals surface area (Å²) in [5, 5.41) is 3.62. The maximum absolute atomic E-state index is 13.1. The number of rotatable bonds is 4. The molecule has 1 aliphatic rings. The third-order valence-electron chi connectivity index (χ3n) is 4.47. The smallest absolute Gasteiger partial charge is 0.418 e. The highest BCUT2D eigenvalue weighted by atomic mass is 32.1. The second kappa shape index (κ2) is 7.86. The Morgan fingerprint density at radius 3 is 2.90 bits per heavy atom. The number of para-hydroxylation sites is 1. The van der Waals surface area contributed by atoms with Crippen LogP contribution in [0, 0.1) is 0 Å². The number of aliphatic imine (C=N–C) groups is 1. The first-order chi connectivity index (χ1) is 14.3. The topological polar surface area (TPSA) is 79.4 Å². The average Bonchev–Trinajstić information content (AvgIpc) is 3.32. The number of hydrogen-bond donors (Lipinski definition) is 3. The quantitative estimate of drug-likeness (QED) is 0.326. The summed E-state index contributed by atoms with van der Waals surface area (Å²) >= 11 is 4.00. The third-order valence-corrected chi connectivity index (χ3v) is 4.72. The fraction of sp³-hybridized carbons (Fsp3) is 0.150. The van der Waals surface area contributed by atoms with Crippen LogP contribution in [0.4, 0.5) is 19.1 Å². The predicted molar refractivity (Wildman–Crippen MR) is 110 cm³/mol. The van der Waals surface area contributed by atoms with Crippen molar-refractivity contribution in [3.8, 4) is 5.75 Å². The minimum Gasteiger partial charge on any atom is -0.493 e. The van der Waals surface area contributed by atoms with Gasteiger partial charge in [0.2, 0.25) is 5.95 Å². The number of carbonyl (C=O) groups is 1. The Morgan fingerprint density at radius 1 is 1.30 bits per heavy atom. The Balaban J connectivity index is 1.52. The zero-order valence-electron chi connectivity index (χ0n) is 15.3. The molecule has 30 heavy (non-hydrogen) atoms. The first-order valence-corrected chi connectivity index (χ1v) is 9.38. The van der Waals surface area contributed by atoms with Gasteiger partial charge < -0.3 is 9.72 Å². The van der Waals surface area contributed by atoms with Gasteiger partial charge in [-0.05, 0) is 46.9 Å². The van der Waals surface area contributed by atoms with Crippen LogP contribution >= 0.6 is 12.6 Å². The Hall–Kier alpha value is -3.27. The fourth-order valence-corrected chi connectivity index (χ4v) is 3.26. The average molecular weight is 432 g/mol. The molecule has 0 saturated carbocycles. The number of carbonyl (C=O) groups excluding carboxylic acids is 1. The van der Waals surface area contributed by atoms with Crippen LogP contribution in [0.15, 0.2) is 52.5 Å². The zero-order valence-corrected chi connectivity index (χ0v) is 16.2. The van der Waals surface area contributed by atoms with E-state index in [1.807, 2.05) is 12.1 Å². The lowest BCUT2D eigenvalue weighted by Gasteiger charge is -2.05. The van der Waals surface area contributed by atoms with Crippen molar-refractivity contribution in [2.75, 3.05) is 11.9 Å². The molecule has 2 N–H and O–H groups in total. The monoisotopic (exact) mass is 432 g/mol. The number of amides is 1. The number of benzene rings is 2. The van der Waals surface area contributed by atoms with E-state index in [0.29, 0.717) is 6.61 Å². The minimum absolute atomic E-state index is 0.0356. The van der Waals surface area contributed by atoms with E-state index in [1.165, 1.54) is 23.8 Å². The van der Waals surface area contributed by atoms with Gasteiger partial charge >= 0.3 is 6.18 Å². The van der Waals surface area contributed by atoms with E-state index < -0.39 is 17.6 Å². The van der Waals surface area contributed by atoms with Gasteiger partial charge in [-0.25, -0.2) is 9.98 Å². The maximum atomic E-state index is 13.1. The summed E-state index contributed by atoms with van der Waals surface area (Å²) in [6.45, 7) is 0.633. The van der Waals surface area contributed by atoms with E-state index >= 15 is 0 Å². The number of hydrogen-bond acceptors (Lipinski definition) is 5. The molecule has 10 heteroatoms. The minimum atomic E-state index is -4.56. The van der Waals surface area contributed by atoms with E-state index in [2.05, 4.69) is 32.9 Å². The number of ether oxygens (including phenoxy) is 1. The SMILES string of the molecule is O=C(Nc1nc2c(C(F)(F)F)cccc2[nH]1)/C(=C/S)N=Cc1ccc2c(c1)CCO2. The molecule has 1 aliphatic heterocycles. The van der Waals surface area contributed by atoms with Gasteiger partial charge in [-0.2, -0.15) is 13.2 Å². The molecule has 0 spiro atoms. The largest absolute Gasteiger partial charge is 0.493 e. The molecular weight excluding hydrogens is 417 g/mol. The van der Waals surface area contributed by atoms with E-state index in [4.69, 9.17) is 4.74 Å². The molecule has 6 nitrogen and oxygen atoms in total. The number of aromatic nitrogens is 2. The summed E-state index contributed by atoms with van der Waals surface area (Å²) in [6.07, 6.45) is -2.25. The van der Waals surface area contributed by atoms with Gasteiger partial charge in [0, 0.05) is 12.6 Å². The highest BCUT2D eigenvalue weighted by molar-refractivity contribution is 7.83. The Bertz CT molecular complexity index is 1180. The highest BCUT2D eigenvalue weighted by Gasteiger charge is 2.33. The van der Waals surface area contributed by atoms with Crippen molar-refractivity contribution in [2.45, 2.75) is 12.6 Å². The molecule has 3 aromatic rings. The van der Waals surface area contributed by atoms with Crippen molar-refractivity contribution in [3.63, 3.8) is 0 Å². The molecule has 0 saturated heterocycles. The molecule has 0 aliphatic carbocycles. The van der Waals surface area contributed by atoms with Crippen molar-refractivity contribution in [3.05, 3.63) is 64.2 Å². The van der Waals surface area contributed by atoms with Crippen LogP contribution in [-0.4, -0.2) is 28.7 Å². The molecule has 4 rings (SSSR count). The summed E-state index contributed by atoms with van der Waals surface area (Å²) in [6, 6.07) is 9.19. The molecule has 0 bridgehead atoms. The Labute approximate surface area is 174 Å². The van der Waals surface area contributed by atoms with Crippen molar-refractivity contribution in [1.29, 1.82) is 0 Å². The molecule has 1 aromatic heterocycles. The first-order valence-electron chi connectivity index (χ1n) is 8.86. The number of nitrogens with zero attached hydrogens (tertiary/aromatic N) is 2. The number of thiol groups is 1. The van der Waals surface area contributed by atoms with Crippen molar-refractivity contribution in [2.24, 2.45) is 4.99 Å². The van der Waals surface area contributed by atoms with Crippen molar-refractivity contribution < 1.29 is 22.7 Å². The van der Waals surface area contributed by atoms with Crippen LogP contribution in [0.2, 0.25) is 0 Å². The van der Waals surface area contributed by atoms with E-state index in [9.17, 15) is 18.0 Å². The van der Waals surface area contributed by atoms with E-state index in [1.54, 1.807) is 6.07 Å². The first kappa shape index (κ1) is 20.0. The molecule has 2 aromatic carbocycles. The standard InChI is InChI=1S/C20H15F3N4O2S/c21-20(22,23)13-2-1-3-14-17(13)26-19(25-14)27-18(28)15(10-30)24-9-11-4-5-16-12(8-11)6-7-29-16/h1-5,8-10,30H,6-7H2,(H2,25,26,27,28)/b15-10-,24-9?. The number of fused-ring (bicyclic) bond motifs is 2.